The number of carbonyl (C=O) groups is 2. The van der Waals surface area contributed by atoms with E-state index in [2.05, 4.69) is 17.2 Å². The molecule has 6 nitrogen and oxygen atoms in total. The Labute approximate surface area is 203 Å². The SMILES string of the molecule is O=C(Nc1ccccc1F)N1CC(=O)N2[C@H](CO)[C@H](c3ccc(C#Cc4ccccc4)cc3)[C@@H]2C1. The summed E-state index contributed by atoms with van der Waals surface area (Å²) in [7, 11) is 0. The van der Waals surface area contributed by atoms with Crippen LogP contribution in [0, 0.1) is 17.7 Å². The van der Waals surface area contributed by atoms with Crippen molar-refractivity contribution in [2.45, 2.75) is 18.0 Å². The molecule has 2 fully saturated rings. The third kappa shape index (κ3) is 4.48. The Hall–Kier alpha value is -4.15. The lowest BCUT2D eigenvalue weighted by Crippen LogP contribution is -2.73. The molecule has 5 rings (SSSR count). The van der Waals surface area contributed by atoms with E-state index < -0.39 is 11.8 Å². The molecule has 0 spiro atoms. The van der Waals surface area contributed by atoms with Gasteiger partial charge in [-0.15, -0.1) is 0 Å². The maximum atomic E-state index is 14.0. The van der Waals surface area contributed by atoms with Crippen LogP contribution < -0.4 is 5.32 Å². The van der Waals surface area contributed by atoms with Gasteiger partial charge < -0.3 is 20.2 Å². The van der Waals surface area contributed by atoms with Gasteiger partial charge in [0, 0.05) is 23.6 Å². The Morgan fingerprint density at radius 3 is 2.31 bits per heavy atom. The predicted octanol–water partition coefficient (Wildman–Crippen LogP) is 3.43. The summed E-state index contributed by atoms with van der Waals surface area (Å²) in [5.74, 6) is 5.38. The van der Waals surface area contributed by atoms with Crippen LogP contribution in [0.25, 0.3) is 0 Å². The minimum Gasteiger partial charge on any atom is -0.394 e. The van der Waals surface area contributed by atoms with Gasteiger partial charge in [0.1, 0.15) is 12.4 Å². The van der Waals surface area contributed by atoms with Crippen LogP contribution in [0.15, 0.2) is 78.9 Å². The summed E-state index contributed by atoms with van der Waals surface area (Å²) in [5, 5.41) is 12.5. The molecule has 0 radical (unpaired) electrons. The van der Waals surface area contributed by atoms with Crippen LogP contribution in [-0.4, -0.2) is 58.6 Å². The van der Waals surface area contributed by atoms with Crippen molar-refractivity contribution >= 4 is 17.6 Å². The van der Waals surface area contributed by atoms with Gasteiger partial charge in [-0.1, -0.05) is 54.3 Å². The van der Waals surface area contributed by atoms with Gasteiger partial charge in [0.2, 0.25) is 5.91 Å². The van der Waals surface area contributed by atoms with Gasteiger partial charge in [-0.3, -0.25) is 4.79 Å². The molecule has 0 unspecified atom stereocenters. The third-order valence-electron chi connectivity index (χ3n) is 6.58. The number of para-hydroxylation sites is 1. The number of nitrogens with zero attached hydrogens (tertiary/aromatic N) is 2. The standard InChI is InChI=1S/C28H24FN3O3/c29-22-8-4-5-9-23(22)30-28(35)31-16-24-27(25(18-33)32(24)26(34)17-31)21-14-12-20(13-15-21)11-10-19-6-2-1-3-7-19/h1-9,12-15,24-25,27,33H,16-18H2,(H,30,35)/t24-,25+,27+/m0/s1. The molecule has 2 heterocycles. The number of piperazine rings is 1. The van der Waals surface area contributed by atoms with Crippen molar-refractivity contribution in [2.75, 3.05) is 25.0 Å². The highest BCUT2D eigenvalue weighted by molar-refractivity contribution is 5.94. The fraction of sp³-hybridized carbons (Fsp3) is 0.214. The number of anilines is 1. The maximum absolute atomic E-state index is 14.0. The summed E-state index contributed by atoms with van der Waals surface area (Å²) in [5.41, 5.74) is 2.83. The number of nitrogens with one attached hydrogen (secondary N) is 1. The van der Waals surface area contributed by atoms with Gasteiger partial charge >= 0.3 is 6.03 Å². The molecule has 35 heavy (non-hydrogen) atoms. The van der Waals surface area contributed by atoms with Crippen molar-refractivity contribution < 1.29 is 19.1 Å². The minimum absolute atomic E-state index is 0.0676. The van der Waals surface area contributed by atoms with E-state index >= 15 is 0 Å². The Morgan fingerprint density at radius 2 is 1.63 bits per heavy atom. The number of hydrogen-bond donors (Lipinski definition) is 2. The van der Waals surface area contributed by atoms with E-state index in [1.807, 2.05) is 54.6 Å². The normalized spacial score (nSPS) is 20.9. The van der Waals surface area contributed by atoms with E-state index in [1.54, 1.807) is 17.0 Å². The summed E-state index contributed by atoms with van der Waals surface area (Å²) in [6.07, 6.45) is 0. The minimum atomic E-state index is -0.539. The third-order valence-corrected chi connectivity index (χ3v) is 6.58. The van der Waals surface area contributed by atoms with E-state index in [4.69, 9.17) is 0 Å². The van der Waals surface area contributed by atoms with E-state index in [0.717, 1.165) is 16.7 Å². The first kappa shape index (κ1) is 22.6. The number of hydrogen-bond acceptors (Lipinski definition) is 3. The summed E-state index contributed by atoms with van der Waals surface area (Å²) in [6.45, 7) is 0.0146. The molecule has 3 atom stereocenters. The summed E-state index contributed by atoms with van der Waals surface area (Å²) in [6, 6.07) is 22.3. The zero-order chi connectivity index (χ0) is 24.4. The van der Waals surface area contributed by atoms with Gasteiger partial charge in [0.15, 0.2) is 0 Å². The number of urea groups is 1. The number of halogens is 1. The molecular weight excluding hydrogens is 445 g/mol. The Balaban J connectivity index is 1.32. The average Bonchev–Trinajstić information content (AvgIpc) is 2.86. The number of rotatable bonds is 3. The van der Waals surface area contributed by atoms with Crippen LogP contribution in [0.2, 0.25) is 0 Å². The quantitative estimate of drug-likeness (QED) is 0.578. The topological polar surface area (TPSA) is 72.9 Å². The van der Waals surface area contributed by atoms with Crippen LogP contribution >= 0.6 is 0 Å². The van der Waals surface area contributed by atoms with Crippen molar-refractivity contribution in [1.82, 2.24) is 9.80 Å². The van der Waals surface area contributed by atoms with Gasteiger partial charge in [-0.05, 0) is 42.0 Å². The summed E-state index contributed by atoms with van der Waals surface area (Å²) in [4.78, 5) is 28.7. The molecule has 3 aromatic carbocycles. The van der Waals surface area contributed by atoms with Crippen LogP contribution in [0.4, 0.5) is 14.9 Å². The number of aliphatic hydroxyl groups is 1. The number of carbonyl (C=O) groups excluding carboxylic acids is 2. The van der Waals surface area contributed by atoms with Gasteiger partial charge in [0.25, 0.3) is 0 Å². The number of aliphatic hydroxyl groups excluding tert-OH is 1. The first-order valence-electron chi connectivity index (χ1n) is 11.4. The van der Waals surface area contributed by atoms with E-state index in [0.29, 0.717) is 6.54 Å². The first-order chi connectivity index (χ1) is 17.0. The van der Waals surface area contributed by atoms with Gasteiger partial charge in [-0.2, -0.15) is 0 Å². The molecule has 176 valence electrons. The molecule has 2 aliphatic heterocycles. The van der Waals surface area contributed by atoms with Crippen molar-refractivity contribution in [1.29, 1.82) is 0 Å². The fourth-order valence-electron chi connectivity index (χ4n) is 4.87. The molecule has 2 saturated heterocycles. The first-order valence-corrected chi connectivity index (χ1v) is 11.4. The number of fused-ring (bicyclic) bond motifs is 1. The second kappa shape index (κ2) is 9.61. The molecule has 2 aliphatic rings. The lowest BCUT2D eigenvalue weighted by atomic mass is 9.73. The Bertz CT molecular complexity index is 1300. The van der Waals surface area contributed by atoms with Crippen LogP contribution in [-0.2, 0) is 4.79 Å². The van der Waals surface area contributed by atoms with Gasteiger partial charge in [-0.25, -0.2) is 9.18 Å². The van der Waals surface area contributed by atoms with Crippen LogP contribution in [0.5, 0.6) is 0 Å². The second-order valence-electron chi connectivity index (χ2n) is 8.67. The molecule has 0 aromatic heterocycles. The largest absolute Gasteiger partial charge is 0.394 e. The smallest absolute Gasteiger partial charge is 0.322 e. The van der Waals surface area contributed by atoms with E-state index in [-0.39, 0.29) is 42.7 Å². The highest BCUT2D eigenvalue weighted by Crippen LogP contribution is 2.43. The number of benzene rings is 3. The predicted molar refractivity (Wildman–Crippen MR) is 130 cm³/mol. The van der Waals surface area contributed by atoms with Crippen molar-refractivity contribution in [2.24, 2.45) is 0 Å². The van der Waals surface area contributed by atoms with Crippen molar-refractivity contribution in [3.8, 4) is 11.8 Å². The molecular formula is C28H24FN3O3. The number of amides is 3. The average molecular weight is 470 g/mol. The molecule has 0 bridgehead atoms. The van der Waals surface area contributed by atoms with Crippen LogP contribution in [0.1, 0.15) is 22.6 Å². The highest BCUT2D eigenvalue weighted by Gasteiger charge is 2.54. The zero-order valence-electron chi connectivity index (χ0n) is 18.9. The Morgan fingerprint density at radius 1 is 0.971 bits per heavy atom. The molecule has 0 saturated carbocycles. The second-order valence-corrected chi connectivity index (χ2v) is 8.67. The van der Waals surface area contributed by atoms with Crippen LogP contribution in [0.3, 0.4) is 0 Å². The zero-order valence-corrected chi connectivity index (χ0v) is 18.9. The fourth-order valence-corrected chi connectivity index (χ4v) is 4.87. The Kier molecular flexibility index (Phi) is 6.21. The van der Waals surface area contributed by atoms with Gasteiger partial charge in [0.05, 0.1) is 24.4 Å². The highest BCUT2D eigenvalue weighted by atomic mass is 19.1. The summed E-state index contributed by atoms with van der Waals surface area (Å²) >= 11 is 0. The van der Waals surface area contributed by atoms with Crippen molar-refractivity contribution in [3.63, 3.8) is 0 Å². The molecule has 3 amide bonds. The maximum Gasteiger partial charge on any atom is 0.322 e. The molecule has 3 aromatic rings. The monoisotopic (exact) mass is 469 g/mol. The lowest BCUT2D eigenvalue weighted by molar-refractivity contribution is -0.159. The van der Waals surface area contributed by atoms with E-state index in [9.17, 15) is 19.1 Å². The van der Waals surface area contributed by atoms with E-state index in [1.165, 1.54) is 17.0 Å². The molecule has 2 N–H and O–H groups in total. The molecule has 0 aliphatic carbocycles. The summed E-state index contributed by atoms with van der Waals surface area (Å²) < 4.78 is 14.0. The lowest BCUT2D eigenvalue weighted by Gasteiger charge is -2.58. The molecule has 7 heteroatoms. The van der Waals surface area contributed by atoms with Crippen molar-refractivity contribution in [3.05, 3.63) is 101 Å².